The average molecular weight is 390 g/mol. The number of hydrogen-bond donors (Lipinski definition) is 1. The molecule has 0 amide bonds. The predicted molar refractivity (Wildman–Crippen MR) is 78.9 cm³/mol. The van der Waals surface area contributed by atoms with Crippen molar-refractivity contribution in [2.24, 2.45) is 0 Å². The largest absolute Gasteiger partial charge is 0.496 e. The Balaban J connectivity index is 2.41. The van der Waals surface area contributed by atoms with Crippen molar-refractivity contribution in [1.82, 2.24) is 0 Å². The van der Waals surface area contributed by atoms with Crippen LogP contribution in [0.15, 0.2) is 45.3 Å². The van der Waals surface area contributed by atoms with Crippen LogP contribution in [0.1, 0.15) is 17.2 Å². The molecule has 2 aromatic carbocycles. The number of methoxy groups -OCH3 is 1. The first-order valence-electron chi connectivity index (χ1n) is 5.50. The molecule has 2 nitrogen and oxygen atoms in total. The Bertz CT molecular complexity index is 602. The minimum atomic E-state index is -1.03. The minimum Gasteiger partial charge on any atom is -0.496 e. The predicted octanol–water partition coefficient (Wildman–Crippen LogP) is 4.44. The fourth-order valence-corrected chi connectivity index (χ4v) is 2.70. The van der Waals surface area contributed by atoms with Crippen LogP contribution in [0.5, 0.6) is 5.75 Å². The standard InChI is InChI=1S/C14H11Br2FO2/c1-19-12-6-5-8(7-11(12)16)14(18)9-3-2-4-10(15)13(9)17/h2-7,14,18H,1H3. The van der Waals surface area contributed by atoms with Crippen molar-refractivity contribution in [2.45, 2.75) is 6.10 Å². The third kappa shape index (κ3) is 2.99. The Hall–Kier alpha value is -0.910. The molecule has 5 heteroatoms. The topological polar surface area (TPSA) is 29.5 Å². The average Bonchev–Trinajstić information content (AvgIpc) is 2.41. The molecule has 0 saturated heterocycles. The van der Waals surface area contributed by atoms with Gasteiger partial charge in [0.2, 0.25) is 0 Å². The molecule has 1 atom stereocenters. The van der Waals surface area contributed by atoms with E-state index in [1.807, 2.05) is 0 Å². The summed E-state index contributed by atoms with van der Waals surface area (Å²) >= 11 is 6.45. The lowest BCUT2D eigenvalue weighted by molar-refractivity contribution is 0.214. The molecular weight excluding hydrogens is 379 g/mol. The van der Waals surface area contributed by atoms with Crippen LogP contribution in [0.2, 0.25) is 0 Å². The van der Waals surface area contributed by atoms with Crippen molar-refractivity contribution in [3.8, 4) is 5.75 Å². The molecule has 1 N–H and O–H groups in total. The maximum absolute atomic E-state index is 13.9. The van der Waals surface area contributed by atoms with Gasteiger partial charge in [0.25, 0.3) is 0 Å². The number of aliphatic hydroxyl groups is 1. The quantitative estimate of drug-likeness (QED) is 0.840. The Morgan fingerprint density at radius 3 is 2.53 bits per heavy atom. The summed E-state index contributed by atoms with van der Waals surface area (Å²) in [6.45, 7) is 0. The minimum absolute atomic E-state index is 0.228. The maximum atomic E-state index is 13.9. The van der Waals surface area contributed by atoms with Gasteiger partial charge in [-0.2, -0.15) is 0 Å². The van der Waals surface area contributed by atoms with Crippen LogP contribution < -0.4 is 4.74 Å². The molecule has 0 spiro atoms. The van der Waals surface area contributed by atoms with E-state index < -0.39 is 11.9 Å². The number of aliphatic hydroxyl groups excluding tert-OH is 1. The summed E-state index contributed by atoms with van der Waals surface area (Å²) < 4.78 is 20.1. The number of hydrogen-bond acceptors (Lipinski definition) is 2. The van der Waals surface area contributed by atoms with E-state index in [1.165, 1.54) is 0 Å². The highest BCUT2D eigenvalue weighted by Crippen LogP contribution is 2.32. The van der Waals surface area contributed by atoms with Crippen LogP contribution >= 0.6 is 31.9 Å². The Morgan fingerprint density at radius 2 is 1.89 bits per heavy atom. The van der Waals surface area contributed by atoms with Crippen molar-refractivity contribution in [2.75, 3.05) is 7.11 Å². The third-order valence-electron chi connectivity index (χ3n) is 2.77. The first-order valence-corrected chi connectivity index (χ1v) is 7.08. The number of benzene rings is 2. The summed E-state index contributed by atoms with van der Waals surface area (Å²) in [7, 11) is 1.56. The molecule has 19 heavy (non-hydrogen) atoms. The lowest BCUT2D eigenvalue weighted by Gasteiger charge is -2.14. The summed E-state index contributed by atoms with van der Waals surface area (Å²) in [4.78, 5) is 0. The van der Waals surface area contributed by atoms with Crippen LogP contribution in [-0.2, 0) is 0 Å². The van der Waals surface area contributed by atoms with E-state index in [0.717, 1.165) is 0 Å². The Kier molecular flexibility index (Phi) is 4.60. The van der Waals surface area contributed by atoms with Gasteiger partial charge >= 0.3 is 0 Å². The van der Waals surface area contributed by atoms with Crippen LogP contribution in [-0.4, -0.2) is 12.2 Å². The van der Waals surface area contributed by atoms with Gasteiger partial charge in [0.1, 0.15) is 17.7 Å². The fourth-order valence-electron chi connectivity index (χ4n) is 1.76. The monoisotopic (exact) mass is 388 g/mol. The highest BCUT2D eigenvalue weighted by Gasteiger charge is 2.17. The van der Waals surface area contributed by atoms with Gasteiger partial charge in [0, 0.05) is 5.56 Å². The summed E-state index contributed by atoms with van der Waals surface area (Å²) in [6.07, 6.45) is -1.03. The first kappa shape index (κ1) is 14.5. The molecule has 0 radical (unpaired) electrons. The van der Waals surface area contributed by atoms with Crippen LogP contribution in [0.4, 0.5) is 4.39 Å². The second-order valence-corrected chi connectivity index (χ2v) is 5.65. The van der Waals surface area contributed by atoms with Gasteiger partial charge in [-0.05, 0) is 55.6 Å². The number of rotatable bonds is 3. The van der Waals surface area contributed by atoms with E-state index in [0.29, 0.717) is 20.3 Å². The highest BCUT2D eigenvalue weighted by atomic mass is 79.9. The molecule has 2 rings (SSSR count). The van der Waals surface area contributed by atoms with Gasteiger partial charge in [0.15, 0.2) is 0 Å². The van der Waals surface area contributed by atoms with E-state index in [4.69, 9.17) is 4.74 Å². The molecule has 0 bridgehead atoms. The highest BCUT2D eigenvalue weighted by molar-refractivity contribution is 9.10. The molecule has 0 heterocycles. The van der Waals surface area contributed by atoms with Crippen molar-refractivity contribution in [3.63, 3.8) is 0 Å². The molecule has 100 valence electrons. The summed E-state index contributed by atoms with van der Waals surface area (Å²) in [5.74, 6) is 0.201. The van der Waals surface area contributed by atoms with Gasteiger partial charge in [-0.25, -0.2) is 4.39 Å². The van der Waals surface area contributed by atoms with E-state index in [2.05, 4.69) is 31.9 Å². The third-order valence-corrected chi connectivity index (χ3v) is 4.00. The van der Waals surface area contributed by atoms with Crippen LogP contribution in [0.3, 0.4) is 0 Å². The Labute approximate surface area is 127 Å². The molecule has 0 aliphatic heterocycles. The first-order chi connectivity index (χ1) is 9.04. The van der Waals surface area contributed by atoms with Gasteiger partial charge < -0.3 is 9.84 Å². The normalized spacial score (nSPS) is 12.3. The van der Waals surface area contributed by atoms with Crippen molar-refractivity contribution in [3.05, 3.63) is 62.3 Å². The molecule has 0 fully saturated rings. The number of ether oxygens (including phenoxy) is 1. The molecule has 0 aliphatic carbocycles. The zero-order chi connectivity index (χ0) is 14.0. The molecule has 2 aromatic rings. The van der Waals surface area contributed by atoms with Crippen LogP contribution in [0.25, 0.3) is 0 Å². The molecule has 0 saturated carbocycles. The molecule has 0 aromatic heterocycles. The van der Waals surface area contributed by atoms with E-state index in [9.17, 15) is 9.50 Å². The molecular formula is C14H11Br2FO2. The lowest BCUT2D eigenvalue weighted by atomic mass is 10.0. The van der Waals surface area contributed by atoms with Crippen molar-refractivity contribution < 1.29 is 14.2 Å². The molecule has 0 aliphatic rings. The Morgan fingerprint density at radius 1 is 1.16 bits per heavy atom. The zero-order valence-corrected chi connectivity index (χ0v) is 13.2. The van der Waals surface area contributed by atoms with Gasteiger partial charge in [-0.1, -0.05) is 18.2 Å². The van der Waals surface area contributed by atoms with Gasteiger partial charge in [-0.15, -0.1) is 0 Å². The second-order valence-electron chi connectivity index (χ2n) is 3.94. The van der Waals surface area contributed by atoms with E-state index in [1.54, 1.807) is 43.5 Å². The van der Waals surface area contributed by atoms with Crippen molar-refractivity contribution >= 4 is 31.9 Å². The SMILES string of the molecule is COc1ccc(C(O)c2cccc(Br)c2F)cc1Br. The summed E-state index contributed by atoms with van der Waals surface area (Å²) in [5.41, 5.74) is 0.816. The lowest BCUT2D eigenvalue weighted by Crippen LogP contribution is -2.03. The molecule has 1 unspecified atom stereocenters. The summed E-state index contributed by atoms with van der Waals surface area (Å²) in [5, 5.41) is 10.3. The maximum Gasteiger partial charge on any atom is 0.143 e. The van der Waals surface area contributed by atoms with Gasteiger partial charge in [0.05, 0.1) is 16.1 Å². The van der Waals surface area contributed by atoms with Crippen molar-refractivity contribution in [1.29, 1.82) is 0 Å². The second kappa shape index (κ2) is 6.03. The van der Waals surface area contributed by atoms with E-state index >= 15 is 0 Å². The van der Waals surface area contributed by atoms with E-state index in [-0.39, 0.29) is 5.56 Å². The summed E-state index contributed by atoms with van der Waals surface area (Å²) in [6, 6.07) is 9.97. The zero-order valence-electron chi connectivity index (χ0n) is 10.0. The van der Waals surface area contributed by atoms with Gasteiger partial charge in [-0.3, -0.25) is 0 Å². The fraction of sp³-hybridized carbons (Fsp3) is 0.143. The smallest absolute Gasteiger partial charge is 0.143 e. The van der Waals surface area contributed by atoms with Crippen LogP contribution in [0, 0.1) is 5.82 Å². The number of halogens is 3.